The lowest BCUT2D eigenvalue weighted by Gasteiger charge is -2.22. The molecule has 1 rings (SSSR count). The predicted octanol–water partition coefficient (Wildman–Crippen LogP) is 1.60. The molecule has 0 aromatic heterocycles. The quantitative estimate of drug-likeness (QED) is 0.296. The molecule has 1 atom stereocenters. The van der Waals surface area contributed by atoms with Crippen LogP contribution in [0.4, 0.5) is 0 Å². The largest absolute Gasteiger partial charge is 0.409 e. The topological polar surface area (TPSA) is 87.7 Å². The van der Waals surface area contributed by atoms with Gasteiger partial charge in [-0.15, -0.1) is 0 Å². The third kappa shape index (κ3) is 4.63. The molecule has 1 aliphatic carbocycles. The molecule has 1 fully saturated rings. The van der Waals surface area contributed by atoms with Gasteiger partial charge in [0.1, 0.15) is 0 Å². The van der Waals surface area contributed by atoms with Crippen molar-refractivity contribution in [2.75, 3.05) is 0 Å². The summed E-state index contributed by atoms with van der Waals surface area (Å²) < 4.78 is 0. The number of carbonyl (C=O) groups excluding carboxylic acids is 1. The molecule has 0 bridgehead atoms. The molecule has 0 aromatic rings. The van der Waals surface area contributed by atoms with Crippen LogP contribution < -0.4 is 11.1 Å². The molecular formula is C12H23N3O2. The smallest absolute Gasteiger partial charge is 0.220 e. The van der Waals surface area contributed by atoms with Gasteiger partial charge in [-0.1, -0.05) is 31.3 Å². The van der Waals surface area contributed by atoms with E-state index in [2.05, 4.69) is 10.5 Å². The van der Waals surface area contributed by atoms with Crippen LogP contribution in [0.2, 0.25) is 0 Å². The van der Waals surface area contributed by atoms with E-state index >= 15 is 0 Å². The van der Waals surface area contributed by atoms with Crippen molar-refractivity contribution < 1.29 is 10.0 Å². The second kappa shape index (κ2) is 7.14. The van der Waals surface area contributed by atoms with Crippen molar-refractivity contribution in [1.82, 2.24) is 5.32 Å². The summed E-state index contributed by atoms with van der Waals surface area (Å²) in [5, 5.41) is 14.3. The molecular weight excluding hydrogens is 218 g/mol. The van der Waals surface area contributed by atoms with Crippen molar-refractivity contribution in [2.45, 2.75) is 57.9 Å². The fraction of sp³-hybridized carbons (Fsp3) is 0.833. The Bertz CT molecular complexity index is 273. The van der Waals surface area contributed by atoms with E-state index in [9.17, 15) is 4.79 Å². The predicted molar refractivity (Wildman–Crippen MR) is 66.8 cm³/mol. The molecule has 17 heavy (non-hydrogen) atoms. The Morgan fingerprint density at radius 2 is 2.12 bits per heavy atom. The van der Waals surface area contributed by atoms with E-state index in [0.717, 1.165) is 12.8 Å². The molecule has 0 aliphatic heterocycles. The summed E-state index contributed by atoms with van der Waals surface area (Å²) >= 11 is 0. The number of rotatable bonds is 5. The van der Waals surface area contributed by atoms with Crippen LogP contribution in [0.15, 0.2) is 5.16 Å². The zero-order chi connectivity index (χ0) is 12.7. The van der Waals surface area contributed by atoms with E-state index in [1.807, 2.05) is 6.92 Å². The minimum absolute atomic E-state index is 0.00958. The van der Waals surface area contributed by atoms with E-state index in [0.29, 0.717) is 18.8 Å². The van der Waals surface area contributed by atoms with Crippen LogP contribution in [0.1, 0.15) is 51.9 Å². The number of nitrogens with one attached hydrogen (secondary N) is 1. The van der Waals surface area contributed by atoms with Gasteiger partial charge in [0.2, 0.25) is 5.91 Å². The highest BCUT2D eigenvalue weighted by Gasteiger charge is 2.20. The number of nitrogens with two attached hydrogens (primary N) is 1. The Balaban J connectivity index is 2.36. The molecule has 98 valence electrons. The molecule has 1 aliphatic rings. The standard InChI is InChI=1S/C12H23N3O2/c1-2-10(12(13)15-17)14-11(16)8-9-6-4-3-5-7-9/h9-10,17H,2-8H2,1H3,(H2,13,15)(H,14,16). The van der Waals surface area contributed by atoms with Crippen LogP contribution in [0.25, 0.3) is 0 Å². The maximum Gasteiger partial charge on any atom is 0.220 e. The maximum atomic E-state index is 11.8. The lowest BCUT2D eigenvalue weighted by atomic mass is 9.87. The number of hydrogen-bond acceptors (Lipinski definition) is 3. The summed E-state index contributed by atoms with van der Waals surface area (Å²) in [5.74, 6) is 0.591. The highest BCUT2D eigenvalue weighted by atomic mass is 16.4. The van der Waals surface area contributed by atoms with Crippen molar-refractivity contribution >= 4 is 11.7 Å². The van der Waals surface area contributed by atoms with Gasteiger partial charge in [0.05, 0.1) is 6.04 Å². The van der Waals surface area contributed by atoms with Gasteiger partial charge < -0.3 is 16.3 Å². The first-order valence-corrected chi connectivity index (χ1v) is 6.44. The Kier molecular flexibility index (Phi) is 5.80. The zero-order valence-electron chi connectivity index (χ0n) is 10.5. The monoisotopic (exact) mass is 241 g/mol. The third-order valence-corrected chi connectivity index (χ3v) is 3.41. The molecule has 4 N–H and O–H groups in total. The van der Waals surface area contributed by atoms with Crippen LogP contribution in [0, 0.1) is 5.92 Å². The lowest BCUT2D eigenvalue weighted by Crippen LogP contribution is -2.44. The number of oxime groups is 1. The maximum absolute atomic E-state index is 11.8. The normalized spacial score (nSPS) is 19.9. The Morgan fingerprint density at radius 1 is 1.47 bits per heavy atom. The minimum Gasteiger partial charge on any atom is -0.409 e. The summed E-state index contributed by atoms with van der Waals surface area (Å²) in [4.78, 5) is 11.8. The van der Waals surface area contributed by atoms with Gasteiger partial charge in [-0.25, -0.2) is 0 Å². The van der Waals surface area contributed by atoms with E-state index in [1.165, 1.54) is 19.3 Å². The second-order valence-electron chi connectivity index (χ2n) is 4.76. The van der Waals surface area contributed by atoms with E-state index < -0.39 is 0 Å². The summed E-state index contributed by atoms with van der Waals surface area (Å²) in [7, 11) is 0. The Hall–Kier alpha value is -1.26. The van der Waals surface area contributed by atoms with Crippen molar-refractivity contribution in [1.29, 1.82) is 0 Å². The van der Waals surface area contributed by atoms with Crippen LogP contribution in [0.3, 0.4) is 0 Å². The lowest BCUT2D eigenvalue weighted by molar-refractivity contribution is -0.122. The van der Waals surface area contributed by atoms with Crippen molar-refractivity contribution in [3.05, 3.63) is 0 Å². The average Bonchev–Trinajstić information content (AvgIpc) is 2.36. The third-order valence-electron chi connectivity index (χ3n) is 3.41. The molecule has 1 saturated carbocycles. The zero-order valence-corrected chi connectivity index (χ0v) is 10.5. The fourth-order valence-electron chi connectivity index (χ4n) is 2.36. The van der Waals surface area contributed by atoms with Crippen LogP contribution in [-0.4, -0.2) is 23.0 Å². The van der Waals surface area contributed by atoms with Crippen molar-refractivity contribution in [3.8, 4) is 0 Å². The van der Waals surface area contributed by atoms with Gasteiger partial charge in [0.15, 0.2) is 5.84 Å². The summed E-state index contributed by atoms with van der Waals surface area (Å²) in [6, 6.07) is -0.351. The first-order chi connectivity index (χ1) is 8.17. The van der Waals surface area contributed by atoms with Crippen LogP contribution >= 0.6 is 0 Å². The number of carbonyl (C=O) groups is 1. The van der Waals surface area contributed by atoms with Gasteiger partial charge in [0.25, 0.3) is 0 Å². The first-order valence-electron chi connectivity index (χ1n) is 6.44. The molecule has 0 saturated heterocycles. The van der Waals surface area contributed by atoms with Crippen LogP contribution in [0.5, 0.6) is 0 Å². The number of amides is 1. The van der Waals surface area contributed by atoms with E-state index in [4.69, 9.17) is 10.9 Å². The van der Waals surface area contributed by atoms with E-state index in [1.54, 1.807) is 0 Å². The number of amidine groups is 1. The molecule has 1 amide bonds. The summed E-state index contributed by atoms with van der Waals surface area (Å²) in [6.07, 6.45) is 7.24. The van der Waals surface area contributed by atoms with Gasteiger partial charge in [-0.2, -0.15) is 0 Å². The molecule has 0 heterocycles. The fourth-order valence-corrected chi connectivity index (χ4v) is 2.36. The SMILES string of the molecule is CCC(NC(=O)CC1CCCCC1)/C(N)=N/O. The molecule has 0 spiro atoms. The number of hydrogen-bond donors (Lipinski definition) is 3. The van der Waals surface area contributed by atoms with E-state index in [-0.39, 0.29) is 17.8 Å². The average molecular weight is 241 g/mol. The summed E-state index contributed by atoms with van der Waals surface area (Å²) in [6.45, 7) is 1.89. The molecule has 0 aromatic carbocycles. The molecule has 5 nitrogen and oxygen atoms in total. The van der Waals surface area contributed by atoms with Gasteiger partial charge in [-0.05, 0) is 25.2 Å². The summed E-state index contributed by atoms with van der Waals surface area (Å²) in [5.41, 5.74) is 5.49. The minimum atomic E-state index is -0.351. The van der Waals surface area contributed by atoms with Crippen LogP contribution in [-0.2, 0) is 4.79 Å². The van der Waals surface area contributed by atoms with Crippen molar-refractivity contribution in [2.24, 2.45) is 16.8 Å². The van der Waals surface area contributed by atoms with Gasteiger partial charge in [-0.3, -0.25) is 4.79 Å². The van der Waals surface area contributed by atoms with Crippen molar-refractivity contribution in [3.63, 3.8) is 0 Å². The molecule has 0 radical (unpaired) electrons. The van der Waals surface area contributed by atoms with Gasteiger partial charge in [0, 0.05) is 6.42 Å². The second-order valence-corrected chi connectivity index (χ2v) is 4.76. The highest BCUT2D eigenvalue weighted by molar-refractivity contribution is 5.89. The molecule has 5 heteroatoms. The van der Waals surface area contributed by atoms with Gasteiger partial charge >= 0.3 is 0 Å². The molecule has 1 unspecified atom stereocenters. The Labute approximate surface area is 102 Å². The number of nitrogens with zero attached hydrogens (tertiary/aromatic N) is 1. The first kappa shape index (κ1) is 13.8. The highest BCUT2D eigenvalue weighted by Crippen LogP contribution is 2.26. The Morgan fingerprint density at radius 3 is 2.65 bits per heavy atom.